The lowest BCUT2D eigenvalue weighted by Crippen LogP contribution is -2.38. The minimum absolute atomic E-state index is 0.439. The van der Waals surface area contributed by atoms with Gasteiger partial charge in [-0.15, -0.1) is 0 Å². The summed E-state index contributed by atoms with van der Waals surface area (Å²) in [5.74, 6) is 2.15. The lowest BCUT2D eigenvalue weighted by Gasteiger charge is -2.15. The Bertz CT molecular complexity index is 474. The Labute approximate surface area is 112 Å². The SMILES string of the molecule is C=CCOc1c(CNC2=NCNN2)cccc1OC. The van der Waals surface area contributed by atoms with E-state index in [0.29, 0.717) is 25.6 Å². The quantitative estimate of drug-likeness (QED) is 0.661. The molecule has 0 atom stereocenters. The molecule has 1 aromatic carbocycles. The van der Waals surface area contributed by atoms with Crippen molar-refractivity contribution in [1.82, 2.24) is 16.2 Å². The molecule has 1 aliphatic heterocycles. The number of benzene rings is 1. The standard InChI is InChI=1S/C13H18N4O2/c1-3-7-19-12-10(5-4-6-11(12)18-2)8-14-13-15-9-16-17-13/h3-6,16H,1,7-9H2,2H3,(H2,14,15,17). The molecule has 6 nitrogen and oxygen atoms in total. The number of rotatable bonds is 6. The average molecular weight is 262 g/mol. The van der Waals surface area contributed by atoms with E-state index < -0.39 is 0 Å². The van der Waals surface area contributed by atoms with Gasteiger partial charge >= 0.3 is 0 Å². The molecule has 1 aromatic rings. The van der Waals surface area contributed by atoms with Crippen molar-refractivity contribution in [2.45, 2.75) is 6.54 Å². The highest BCUT2D eigenvalue weighted by Gasteiger charge is 2.11. The van der Waals surface area contributed by atoms with Gasteiger partial charge in [0.1, 0.15) is 13.3 Å². The number of nitrogens with zero attached hydrogens (tertiary/aromatic N) is 1. The summed E-state index contributed by atoms with van der Waals surface area (Å²) in [5.41, 5.74) is 6.81. The molecule has 0 amide bonds. The van der Waals surface area contributed by atoms with Crippen LogP contribution in [0.15, 0.2) is 35.8 Å². The number of methoxy groups -OCH3 is 1. The number of para-hydroxylation sites is 1. The second kappa shape index (κ2) is 6.65. The Morgan fingerprint density at radius 2 is 2.42 bits per heavy atom. The van der Waals surface area contributed by atoms with Gasteiger partial charge in [-0.25, -0.2) is 10.4 Å². The molecule has 6 heteroatoms. The van der Waals surface area contributed by atoms with E-state index in [0.717, 1.165) is 17.3 Å². The molecule has 3 N–H and O–H groups in total. The van der Waals surface area contributed by atoms with Crippen LogP contribution in [0, 0.1) is 0 Å². The van der Waals surface area contributed by atoms with Crippen molar-refractivity contribution in [2.75, 3.05) is 20.4 Å². The molecule has 1 aliphatic rings. The van der Waals surface area contributed by atoms with Gasteiger partial charge in [0.2, 0.25) is 5.96 Å². The van der Waals surface area contributed by atoms with Crippen molar-refractivity contribution in [3.05, 3.63) is 36.4 Å². The number of hydrazine groups is 1. The fourth-order valence-electron chi connectivity index (χ4n) is 1.73. The molecule has 0 aliphatic carbocycles. The topological polar surface area (TPSA) is 66.9 Å². The molecule has 0 unspecified atom stereocenters. The number of hydrogen-bond donors (Lipinski definition) is 3. The maximum Gasteiger partial charge on any atom is 0.207 e. The summed E-state index contributed by atoms with van der Waals surface area (Å²) in [6.45, 7) is 5.25. The molecule has 0 saturated heterocycles. The zero-order valence-electron chi connectivity index (χ0n) is 10.9. The minimum Gasteiger partial charge on any atom is -0.493 e. The molecule has 0 radical (unpaired) electrons. The van der Waals surface area contributed by atoms with Crippen molar-refractivity contribution in [3.8, 4) is 11.5 Å². The van der Waals surface area contributed by atoms with E-state index in [9.17, 15) is 0 Å². The highest BCUT2D eigenvalue weighted by molar-refractivity contribution is 5.80. The van der Waals surface area contributed by atoms with Crippen LogP contribution >= 0.6 is 0 Å². The Hall–Kier alpha value is -2.21. The number of hydrogen-bond acceptors (Lipinski definition) is 6. The van der Waals surface area contributed by atoms with E-state index in [1.807, 2.05) is 18.2 Å². The Morgan fingerprint density at radius 1 is 1.53 bits per heavy atom. The van der Waals surface area contributed by atoms with Gasteiger partial charge < -0.3 is 14.8 Å². The third-order valence-electron chi connectivity index (χ3n) is 2.60. The number of aliphatic imine (C=N–C) groups is 1. The van der Waals surface area contributed by atoms with Gasteiger partial charge in [-0.3, -0.25) is 5.43 Å². The first-order valence-electron chi connectivity index (χ1n) is 6.02. The smallest absolute Gasteiger partial charge is 0.207 e. The van der Waals surface area contributed by atoms with E-state index in [1.165, 1.54) is 0 Å². The highest BCUT2D eigenvalue weighted by atomic mass is 16.5. The molecule has 19 heavy (non-hydrogen) atoms. The highest BCUT2D eigenvalue weighted by Crippen LogP contribution is 2.31. The second-order valence-corrected chi connectivity index (χ2v) is 3.87. The summed E-state index contributed by atoms with van der Waals surface area (Å²) in [5, 5.41) is 3.18. The lowest BCUT2D eigenvalue weighted by atomic mass is 10.2. The summed E-state index contributed by atoms with van der Waals surface area (Å²) < 4.78 is 11.0. The molecular weight excluding hydrogens is 244 g/mol. The molecule has 0 bridgehead atoms. The molecule has 0 spiro atoms. The van der Waals surface area contributed by atoms with Gasteiger partial charge in [0, 0.05) is 12.1 Å². The summed E-state index contributed by atoms with van der Waals surface area (Å²) >= 11 is 0. The summed E-state index contributed by atoms with van der Waals surface area (Å²) in [6, 6.07) is 5.78. The van der Waals surface area contributed by atoms with Gasteiger partial charge in [-0.05, 0) is 6.07 Å². The van der Waals surface area contributed by atoms with Crippen LogP contribution in [-0.4, -0.2) is 26.3 Å². The first-order valence-corrected chi connectivity index (χ1v) is 6.02. The van der Waals surface area contributed by atoms with Crippen LogP contribution in [0.2, 0.25) is 0 Å². The predicted octanol–water partition coefficient (Wildman–Crippen LogP) is 0.771. The van der Waals surface area contributed by atoms with Crippen LogP contribution in [0.25, 0.3) is 0 Å². The van der Waals surface area contributed by atoms with E-state index in [4.69, 9.17) is 9.47 Å². The van der Waals surface area contributed by atoms with Crippen LogP contribution in [0.5, 0.6) is 11.5 Å². The maximum absolute atomic E-state index is 5.66. The van der Waals surface area contributed by atoms with Gasteiger partial charge in [0.05, 0.1) is 7.11 Å². The normalized spacial score (nSPS) is 13.4. The summed E-state index contributed by atoms with van der Waals surface area (Å²) in [6.07, 6.45) is 1.70. The van der Waals surface area contributed by atoms with E-state index in [2.05, 4.69) is 27.7 Å². The molecule has 0 aromatic heterocycles. The van der Waals surface area contributed by atoms with Gasteiger partial charge in [-0.1, -0.05) is 24.8 Å². The first kappa shape index (κ1) is 13.2. The average Bonchev–Trinajstić information content (AvgIpc) is 2.96. The van der Waals surface area contributed by atoms with Crippen molar-refractivity contribution in [3.63, 3.8) is 0 Å². The summed E-state index contributed by atoms with van der Waals surface area (Å²) in [4.78, 5) is 4.18. The molecule has 0 fully saturated rings. The van der Waals surface area contributed by atoms with E-state index in [1.54, 1.807) is 13.2 Å². The van der Waals surface area contributed by atoms with Gasteiger partial charge in [0.15, 0.2) is 11.5 Å². The molecule has 0 saturated carbocycles. The van der Waals surface area contributed by atoms with Gasteiger partial charge in [0.25, 0.3) is 0 Å². The van der Waals surface area contributed by atoms with Crippen molar-refractivity contribution in [1.29, 1.82) is 0 Å². The zero-order valence-corrected chi connectivity index (χ0v) is 10.9. The van der Waals surface area contributed by atoms with Crippen LogP contribution in [0.4, 0.5) is 0 Å². The van der Waals surface area contributed by atoms with Crippen molar-refractivity contribution >= 4 is 5.96 Å². The minimum atomic E-state index is 0.439. The van der Waals surface area contributed by atoms with E-state index in [-0.39, 0.29) is 0 Å². The Kier molecular flexibility index (Phi) is 4.63. The third kappa shape index (κ3) is 3.38. The third-order valence-corrected chi connectivity index (χ3v) is 2.60. The molecule has 1 heterocycles. The van der Waals surface area contributed by atoms with Crippen LogP contribution in [-0.2, 0) is 6.54 Å². The number of guanidine groups is 1. The van der Waals surface area contributed by atoms with Crippen LogP contribution < -0.4 is 25.6 Å². The first-order chi connectivity index (χ1) is 9.35. The van der Waals surface area contributed by atoms with E-state index >= 15 is 0 Å². The predicted molar refractivity (Wildman–Crippen MR) is 74.1 cm³/mol. The molecular formula is C13H18N4O2. The number of nitrogens with one attached hydrogen (secondary N) is 3. The maximum atomic E-state index is 5.66. The molecule has 102 valence electrons. The second-order valence-electron chi connectivity index (χ2n) is 3.87. The van der Waals surface area contributed by atoms with Crippen molar-refractivity contribution < 1.29 is 9.47 Å². The van der Waals surface area contributed by atoms with Crippen LogP contribution in [0.3, 0.4) is 0 Å². The lowest BCUT2D eigenvalue weighted by molar-refractivity contribution is 0.323. The number of ether oxygens (including phenoxy) is 2. The largest absolute Gasteiger partial charge is 0.493 e. The van der Waals surface area contributed by atoms with Crippen LogP contribution in [0.1, 0.15) is 5.56 Å². The monoisotopic (exact) mass is 262 g/mol. The fraction of sp³-hybridized carbons (Fsp3) is 0.308. The molecule has 2 rings (SSSR count). The Morgan fingerprint density at radius 3 is 3.11 bits per heavy atom. The summed E-state index contributed by atoms with van der Waals surface area (Å²) in [7, 11) is 1.62. The zero-order chi connectivity index (χ0) is 13.5. The van der Waals surface area contributed by atoms with Crippen molar-refractivity contribution in [2.24, 2.45) is 4.99 Å². The fourth-order valence-corrected chi connectivity index (χ4v) is 1.73. The van der Waals surface area contributed by atoms with Gasteiger partial charge in [-0.2, -0.15) is 0 Å². The Balaban J connectivity index is 2.10.